The minimum Gasteiger partial charge on any atom is -0.497 e. The highest BCUT2D eigenvalue weighted by Crippen LogP contribution is 2.34. The van der Waals surface area contributed by atoms with Crippen LogP contribution in [-0.4, -0.2) is 41.0 Å². The number of likely N-dealkylation sites (tertiary alicyclic amines) is 1. The van der Waals surface area contributed by atoms with Crippen molar-refractivity contribution in [1.82, 2.24) is 14.9 Å². The van der Waals surface area contributed by atoms with Crippen LogP contribution in [0.3, 0.4) is 0 Å². The lowest BCUT2D eigenvalue weighted by Crippen LogP contribution is -2.36. The number of carbonyl (C=O) groups is 1. The summed E-state index contributed by atoms with van der Waals surface area (Å²) in [4.78, 5) is 22.6. The number of nitrogens with one attached hydrogen (secondary N) is 1. The van der Waals surface area contributed by atoms with Crippen LogP contribution in [0.25, 0.3) is 17.0 Å². The molecule has 1 saturated heterocycles. The number of hydrogen-bond donors (Lipinski definition) is 1. The molecule has 1 aliphatic heterocycles. The Morgan fingerprint density at radius 3 is 2.83 bits per heavy atom. The van der Waals surface area contributed by atoms with Gasteiger partial charge in [0, 0.05) is 41.6 Å². The predicted octanol–water partition coefficient (Wildman–Crippen LogP) is 5.94. The topological polar surface area (TPSA) is 67.5 Å². The first-order valence-corrected chi connectivity index (χ1v) is 12.7. The molecule has 35 heavy (non-hydrogen) atoms. The summed E-state index contributed by atoms with van der Waals surface area (Å²) in [5, 5.41) is 4.25. The van der Waals surface area contributed by atoms with Crippen LogP contribution in [0, 0.1) is 6.92 Å². The Kier molecular flexibility index (Phi) is 6.86. The van der Waals surface area contributed by atoms with E-state index in [4.69, 9.17) is 9.47 Å². The number of rotatable bonds is 7. The molecular weight excluding hydrogens is 458 g/mol. The van der Waals surface area contributed by atoms with Gasteiger partial charge < -0.3 is 19.4 Å². The molecule has 180 valence electrons. The van der Waals surface area contributed by atoms with Crippen LogP contribution in [-0.2, 0) is 11.4 Å². The number of aromatic nitrogens is 2. The van der Waals surface area contributed by atoms with Gasteiger partial charge in [0.15, 0.2) is 0 Å². The fourth-order valence-corrected chi connectivity index (χ4v) is 5.21. The second-order valence-corrected chi connectivity index (χ2v) is 9.87. The SMILES string of the molecule is COc1ccc2[nH]cc(C3CCN(C(=O)/C=C/c4cccc(OCc5csc(C)n5)c4)CC3)c2c1. The Hall–Kier alpha value is -3.58. The molecule has 0 bridgehead atoms. The molecule has 3 heterocycles. The van der Waals surface area contributed by atoms with E-state index in [2.05, 4.69) is 28.3 Å². The third-order valence-electron chi connectivity index (χ3n) is 6.50. The summed E-state index contributed by atoms with van der Waals surface area (Å²) in [6, 6.07) is 13.9. The first-order valence-electron chi connectivity index (χ1n) is 11.8. The summed E-state index contributed by atoms with van der Waals surface area (Å²) in [6.45, 7) is 3.93. The number of fused-ring (bicyclic) bond motifs is 1. The lowest BCUT2D eigenvalue weighted by molar-refractivity contribution is -0.126. The molecule has 5 rings (SSSR count). The van der Waals surface area contributed by atoms with E-state index in [0.717, 1.165) is 59.2 Å². The Labute approximate surface area is 209 Å². The first kappa shape index (κ1) is 23.2. The molecule has 1 aliphatic rings. The van der Waals surface area contributed by atoms with Crippen molar-refractivity contribution in [2.24, 2.45) is 0 Å². The van der Waals surface area contributed by atoms with E-state index in [-0.39, 0.29) is 5.91 Å². The zero-order chi connectivity index (χ0) is 24.2. The van der Waals surface area contributed by atoms with Crippen molar-refractivity contribution >= 4 is 34.2 Å². The van der Waals surface area contributed by atoms with Gasteiger partial charge >= 0.3 is 0 Å². The van der Waals surface area contributed by atoms with Crippen molar-refractivity contribution < 1.29 is 14.3 Å². The van der Waals surface area contributed by atoms with E-state index < -0.39 is 0 Å². The Bertz CT molecular complexity index is 1350. The van der Waals surface area contributed by atoms with E-state index in [1.807, 2.05) is 53.6 Å². The van der Waals surface area contributed by atoms with Crippen LogP contribution in [0.4, 0.5) is 0 Å². The fourth-order valence-electron chi connectivity index (χ4n) is 4.61. The first-order chi connectivity index (χ1) is 17.1. The number of aryl methyl sites for hydroxylation is 1. The maximum absolute atomic E-state index is 12.8. The number of hydrogen-bond acceptors (Lipinski definition) is 5. The number of nitrogens with zero attached hydrogens (tertiary/aromatic N) is 2. The number of H-pyrrole nitrogens is 1. The molecule has 0 spiro atoms. The highest BCUT2D eigenvalue weighted by molar-refractivity contribution is 7.09. The molecule has 0 saturated carbocycles. The molecular formula is C28H29N3O3S. The summed E-state index contributed by atoms with van der Waals surface area (Å²) in [6.07, 6.45) is 7.53. The summed E-state index contributed by atoms with van der Waals surface area (Å²) in [7, 11) is 1.69. The second kappa shape index (κ2) is 10.4. The van der Waals surface area contributed by atoms with Gasteiger partial charge in [0.1, 0.15) is 18.1 Å². The lowest BCUT2D eigenvalue weighted by Gasteiger charge is -2.31. The quantitative estimate of drug-likeness (QED) is 0.328. The van der Waals surface area contributed by atoms with Crippen molar-refractivity contribution in [3.8, 4) is 11.5 Å². The third-order valence-corrected chi connectivity index (χ3v) is 7.32. The van der Waals surface area contributed by atoms with Crippen molar-refractivity contribution in [2.45, 2.75) is 32.3 Å². The number of aromatic amines is 1. The van der Waals surface area contributed by atoms with Gasteiger partial charge in [-0.05, 0) is 73.2 Å². The van der Waals surface area contributed by atoms with Gasteiger partial charge in [-0.3, -0.25) is 4.79 Å². The zero-order valence-electron chi connectivity index (χ0n) is 20.0. The number of carbonyl (C=O) groups excluding carboxylic acids is 1. The molecule has 1 N–H and O–H groups in total. The average Bonchev–Trinajstić information content (AvgIpc) is 3.51. The number of piperidine rings is 1. The van der Waals surface area contributed by atoms with Crippen LogP contribution in [0.2, 0.25) is 0 Å². The number of amides is 1. The molecule has 1 amide bonds. The minimum absolute atomic E-state index is 0.0494. The predicted molar refractivity (Wildman–Crippen MR) is 140 cm³/mol. The van der Waals surface area contributed by atoms with Crippen LogP contribution >= 0.6 is 11.3 Å². The summed E-state index contributed by atoms with van der Waals surface area (Å²) >= 11 is 1.62. The summed E-state index contributed by atoms with van der Waals surface area (Å²) in [5.41, 5.74) is 4.30. The zero-order valence-corrected chi connectivity index (χ0v) is 20.8. The molecule has 1 fully saturated rings. The third kappa shape index (κ3) is 5.41. The molecule has 7 heteroatoms. The van der Waals surface area contributed by atoms with Crippen LogP contribution < -0.4 is 9.47 Å². The maximum Gasteiger partial charge on any atom is 0.246 e. The number of thiazole rings is 1. The van der Waals surface area contributed by atoms with Crippen molar-refractivity contribution in [3.63, 3.8) is 0 Å². The molecule has 0 atom stereocenters. The number of benzene rings is 2. The highest BCUT2D eigenvalue weighted by atomic mass is 32.1. The van der Waals surface area contributed by atoms with E-state index >= 15 is 0 Å². The van der Waals surface area contributed by atoms with Gasteiger partial charge in [-0.15, -0.1) is 11.3 Å². The standard InChI is InChI=1S/C28H29N3O3S/c1-19-30-22(18-35-19)17-34-24-5-3-4-20(14-24)6-9-28(32)31-12-10-21(11-13-31)26-16-29-27-8-7-23(33-2)15-25(26)27/h3-9,14-16,18,21,29H,10-13,17H2,1-2H3/b9-6+. The molecule has 6 nitrogen and oxygen atoms in total. The number of ether oxygens (including phenoxy) is 2. The van der Waals surface area contributed by atoms with Gasteiger partial charge in [-0.2, -0.15) is 0 Å². The Balaban J connectivity index is 1.17. The van der Waals surface area contributed by atoms with Crippen molar-refractivity contribution in [3.05, 3.63) is 81.9 Å². The molecule has 2 aromatic heterocycles. The van der Waals surface area contributed by atoms with E-state index in [0.29, 0.717) is 12.5 Å². The van der Waals surface area contributed by atoms with Gasteiger partial charge in [0.2, 0.25) is 5.91 Å². The molecule has 4 aromatic rings. The number of methoxy groups -OCH3 is 1. The van der Waals surface area contributed by atoms with Gasteiger partial charge in [-0.25, -0.2) is 4.98 Å². The Morgan fingerprint density at radius 1 is 1.20 bits per heavy atom. The molecule has 0 unspecified atom stereocenters. The van der Waals surface area contributed by atoms with Crippen LogP contribution in [0.1, 0.15) is 40.6 Å². The monoisotopic (exact) mass is 487 g/mol. The summed E-state index contributed by atoms with van der Waals surface area (Å²) < 4.78 is 11.3. The Morgan fingerprint density at radius 2 is 2.06 bits per heavy atom. The van der Waals surface area contributed by atoms with E-state index in [1.54, 1.807) is 24.5 Å². The summed E-state index contributed by atoms with van der Waals surface area (Å²) in [5.74, 6) is 2.11. The minimum atomic E-state index is 0.0494. The van der Waals surface area contributed by atoms with Crippen LogP contribution in [0.5, 0.6) is 11.5 Å². The van der Waals surface area contributed by atoms with Gasteiger partial charge in [-0.1, -0.05) is 12.1 Å². The van der Waals surface area contributed by atoms with Gasteiger partial charge in [0.25, 0.3) is 0 Å². The van der Waals surface area contributed by atoms with Crippen molar-refractivity contribution in [2.75, 3.05) is 20.2 Å². The normalized spacial score (nSPS) is 14.6. The lowest BCUT2D eigenvalue weighted by atomic mass is 9.89. The van der Waals surface area contributed by atoms with Gasteiger partial charge in [0.05, 0.1) is 17.8 Å². The average molecular weight is 488 g/mol. The fraction of sp³-hybridized carbons (Fsp3) is 0.286. The van der Waals surface area contributed by atoms with E-state index in [9.17, 15) is 4.79 Å². The molecule has 0 aliphatic carbocycles. The largest absolute Gasteiger partial charge is 0.497 e. The smallest absolute Gasteiger partial charge is 0.246 e. The second-order valence-electron chi connectivity index (χ2n) is 8.81. The maximum atomic E-state index is 12.8. The molecule has 0 radical (unpaired) electrons. The highest BCUT2D eigenvalue weighted by Gasteiger charge is 2.24. The van der Waals surface area contributed by atoms with E-state index in [1.165, 1.54) is 10.9 Å². The van der Waals surface area contributed by atoms with Crippen molar-refractivity contribution in [1.29, 1.82) is 0 Å². The van der Waals surface area contributed by atoms with Crippen LogP contribution in [0.15, 0.2) is 60.1 Å². The molecule has 2 aromatic carbocycles.